The van der Waals surface area contributed by atoms with Gasteiger partial charge in [0.05, 0.1) is 22.4 Å². The summed E-state index contributed by atoms with van der Waals surface area (Å²) >= 11 is 13.5. The lowest BCUT2D eigenvalue weighted by Gasteiger charge is -2.24. The van der Waals surface area contributed by atoms with Crippen LogP contribution >= 0.6 is 35.0 Å². The molecule has 4 rings (SSSR count). The lowest BCUT2D eigenvalue weighted by molar-refractivity contribution is -0.113. The molecule has 166 valence electrons. The van der Waals surface area contributed by atoms with Gasteiger partial charge < -0.3 is 14.8 Å². The van der Waals surface area contributed by atoms with Crippen molar-refractivity contribution in [3.8, 4) is 0 Å². The minimum absolute atomic E-state index is 0.115. The van der Waals surface area contributed by atoms with Gasteiger partial charge in [-0.1, -0.05) is 53.2 Å². The Morgan fingerprint density at radius 2 is 1.97 bits per heavy atom. The molecule has 2 aromatic carbocycles. The van der Waals surface area contributed by atoms with E-state index in [1.165, 1.54) is 11.8 Å². The Morgan fingerprint density at radius 1 is 1.16 bits per heavy atom. The summed E-state index contributed by atoms with van der Waals surface area (Å²) in [5, 5.41) is 13.0. The number of anilines is 1. The van der Waals surface area contributed by atoms with E-state index in [2.05, 4.69) is 15.5 Å². The maximum Gasteiger partial charge on any atom is 0.255 e. The van der Waals surface area contributed by atoms with E-state index in [-0.39, 0.29) is 23.6 Å². The van der Waals surface area contributed by atoms with Crippen molar-refractivity contribution in [3.05, 3.63) is 70.0 Å². The van der Waals surface area contributed by atoms with Crippen LogP contribution in [0.4, 0.5) is 5.69 Å². The second kappa shape index (κ2) is 9.94. The zero-order valence-electron chi connectivity index (χ0n) is 17.3. The lowest BCUT2D eigenvalue weighted by atomic mass is 10.1. The second-order valence-electron chi connectivity index (χ2n) is 7.38. The third-order valence-electron chi connectivity index (χ3n) is 5.23. The molecule has 1 saturated heterocycles. The number of halogens is 2. The summed E-state index contributed by atoms with van der Waals surface area (Å²) in [7, 11) is 1.85. The van der Waals surface area contributed by atoms with Crippen molar-refractivity contribution < 1.29 is 9.59 Å². The third-order valence-corrected chi connectivity index (χ3v) is 6.81. The van der Waals surface area contributed by atoms with E-state index in [1.54, 1.807) is 53.4 Å². The fourth-order valence-corrected chi connectivity index (χ4v) is 4.83. The standard InChI is InChI=1S/C22H21Cl2N5O2S/c1-28-20(18-10-5-11-29(18)21(31)16-8-2-3-9-17(16)24)26-27-22(28)32-13-19(30)25-15-7-4-6-14(23)12-15/h2-4,6-9,12,18H,5,10-11,13H2,1H3,(H,25,30). The minimum Gasteiger partial charge on any atom is -0.328 e. The van der Waals surface area contributed by atoms with Gasteiger partial charge in [0, 0.05) is 24.3 Å². The Kier molecular flexibility index (Phi) is 7.03. The van der Waals surface area contributed by atoms with Crippen LogP contribution in [0.25, 0.3) is 0 Å². The topological polar surface area (TPSA) is 80.1 Å². The Morgan fingerprint density at radius 3 is 2.75 bits per heavy atom. The van der Waals surface area contributed by atoms with Crippen molar-refractivity contribution in [1.82, 2.24) is 19.7 Å². The molecule has 1 atom stereocenters. The number of carbonyl (C=O) groups excluding carboxylic acids is 2. The number of benzene rings is 2. The fourth-order valence-electron chi connectivity index (χ4n) is 3.70. The smallest absolute Gasteiger partial charge is 0.255 e. The van der Waals surface area contributed by atoms with Gasteiger partial charge in [0.2, 0.25) is 5.91 Å². The SMILES string of the molecule is Cn1c(SCC(=O)Nc2cccc(Cl)c2)nnc1C1CCCN1C(=O)c1ccccc1Cl. The van der Waals surface area contributed by atoms with Crippen molar-refractivity contribution in [3.63, 3.8) is 0 Å². The molecule has 2 heterocycles. The van der Waals surface area contributed by atoms with Gasteiger partial charge in [-0.15, -0.1) is 10.2 Å². The van der Waals surface area contributed by atoms with Crippen molar-refractivity contribution in [2.75, 3.05) is 17.6 Å². The predicted molar refractivity (Wildman–Crippen MR) is 126 cm³/mol. The maximum absolute atomic E-state index is 13.1. The molecular formula is C22H21Cl2N5O2S. The molecule has 0 spiro atoms. The van der Waals surface area contributed by atoms with Crippen LogP contribution in [0.2, 0.25) is 10.0 Å². The first-order valence-electron chi connectivity index (χ1n) is 10.1. The molecule has 0 bridgehead atoms. The number of carbonyl (C=O) groups is 2. The van der Waals surface area contributed by atoms with E-state index < -0.39 is 0 Å². The van der Waals surface area contributed by atoms with Crippen LogP contribution < -0.4 is 5.32 Å². The number of amides is 2. The molecule has 1 unspecified atom stereocenters. The average Bonchev–Trinajstić information content (AvgIpc) is 3.38. The first-order chi connectivity index (χ1) is 15.4. The Balaban J connectivity index is 1.43. The summed E-state index contributed by atoms with van der Waals surface area (Å²) in [6.07, 6.45) is 1.67. The zero-order valence-corrected chi connectivity index (χ0v) is 19.6. The molecule has 0 saturated carbocycles. The molecule has 1 aromatic heterocycles. The molecule has 1 N–H and O–H groups in total. The van der Waals surface area contributed by atoms with E-state index >= 15 is 0 Å². The lowest BCUT2D eigenvalue weighted by Crippen LogP contribution is -2.32. The minimum atomic E-state index is -0.189. The number of rotatable bonds is 6. The molecule has 10 heteroatoms. The molecule has 0 radical (unpaired) electrons. The highest BCUT2D eigenvalue weighted by molar-refractivity contribution is 7.99. The van der Waals surface area contributed by atoms with Crippen LogP contribution in [0.3, 0.4) is 0 Å². The fraction of sp³-hybridized carbons (Fsp3) is 0.273. The molecule has 3 aromatic rings. The van der Waals surface area contributed by atoms with E-state index in [9.17, 15) is 9.59 Å². The van der Waals surface area contributed by atoms with Crippen LogP contribution in [0, 0.1) is 0 Å². The number of nitrogens with one attached hydrogen (secondary N) is 1. The first kappa shape index (κ1) is 22.6. The Labute approximate surface area is 200 Å². The van der Waals surface area contributed by atoms with Crippen molar-refractivity contribution >= 4 is 52.5 Å². The number of hydrogen-bond donors (Lipinski definition) is 1. The molecule has 2 amide bonds. The van der Waals surface area contributed by atoms with Gasteiger partial charge in [0.1, 0.15) is 0 Å². The van der Waals surface area contributed by atoms with Crippen LogP contribution in [0.5, 0.6) is 0 Å². The van der Waals surface area contributed by atoms with Gasteiger partial charge >= 0.3 is 0 Å². The molecule has 32 heavy (non-hydrogen) atoms. The number of aromatic nitrogens is 3. The number of hydrogen-bond acceptors (Lipinski definition) is 5. The highest BCUT2D eigenvalue weighted by Crippen LogP contribution is 2.34. The van der Waals surface area contributed by atoms with Gasteiger partial charge in [-0.3, -0.25) is 9.59 Å². The van der Waals surface area contributed by atoms with Crippen molar-refractivity contribution in [1.29, 1.82) is 0 Å². The zero-order chi connectivity index (χ0) is 22.7. The van der Waals surface area contributed by atoms with Gasteiger partial charge in [-0.25, -0.2) is 0 Å². The molecule has 1 aliphatic heterocycles. The third kappa shape index (κ3) is 4.92. The van der Waals surface area contributed by atoms with E-state index in [0.717, 1.165) is 12.8 Å². The van der Waals surface area contributed by atoms with Crippen molar-refractivity contribution in [2.24, 2.45) is 7.05 Å². The number of nitrogens with zero attached hydrogens (tertiary/aromatic N) is 4. The largest absolute Gasteiger partial charge is 0.328 e. The van der Waals surface area contributed by atoms with E-state index in [0.29, 0.717) is 38.8 Å². The van der Waals surface area contributed by atoms with Gasteiger partial charge in [0.25, 0.3) is 5.91 Å². The van der Waals surface area contributed by atoms with Crippen LogP contribution in [0.1, 0.15) is 35.1 Å². The summed E-state index contributed by atoms with van der Waals surface area (Å²) in [6, 6.07) is 13.8. The van der Waals surface area contributed by atoms with Crippen LogP contribution in [0.15, 0.2) is 53.7 Å². The van der Waals surface area contributed by atoms with Crippen LogP contribution in [-0.2, 0) is 11.8 Å². The summed E-state index contributed by atoms with van der Waals surface area (Å²) in [4.78, 5) is 27.2. The van der Waals surface area contributed by atoms with E-state index in [4.69, 9.17) is 23.2 Å². The molecular weight excluding hydrogens is 469 g/mol. The Bertz CT molecular complexity index is 1150. The monoisotopic (exact) mass is 489 g/mol. The highest BCUT2D eigenvalue weighted by atomic mass is 35.5. The highest BCUT2D eigenvalue weighted by Gasteiger charge is 2.34. The quantitative estimate of drug-likeness (QED) is 0.501. The molecule has 0 aliphatic carbocycles. The normalized spacial score (nSPS) is 15.7. The summed E-state index contributed by atoms with van der Waals surface area (Å²) in [5.41, 5.74) is 1.12. The Hall–Kier alpha value is -2.55. The maximum atomic E-state index is 13.1. The summed E-state index contributed by atoms with van der Waals surface area (Å²) < 4.78 is 1.85. The van der Waals surface area contributed by atoms with Crippen molar-refractivity contribution in [2.45, 2.75) is 24.0 Å². The molecule has 1 aliphatic rings. The van der Waals surface area contributed by atoms with Crippen LogP contribution in [-0.4, -0.2) is 43.8 Å². The number of thioether (sulfide) groups is 1. The summed E-state index contributed by atoms with van der Waals surface area (Å²) in [5.74, 6) is 0.584. The van der Waals surface area contributed by atoms with Gasteiger partial charge in [-0.05, 0) is 43.2 Å². The molecule has 7 nitrogen and oxygen atoms in total. The van der Waals surface area contributed by atoms with Gasteiger partial charge in [-0.2, -0.15) is 0 Å². The second-order valence-corrected chi connectivity index (χ2v) is 9.17. The summed E-state index contributed by atoms with van der Waals surface area (Å²) in [6.45, 7) is 0.631. The number of likely N-dealkylation sites (tertiary alicyclic amines) is 1. The average molecular weight is 490 g/mol. The predicted octanol–water partition coefficient (Wildman–Crippen LogP) is 4.83. The first-order valence-corrected chi connectivity index (χ1v) is 11.8. The molecule has 1 fully saturated rings. The van der Waals surface area contributed by atoms with Gasteiger partial charge in [0.15, 0.2) is 11.0 Å². The van der Waals surface area contributed by atoms with E-state index in [1.807, 2.05) is 11.6 Å².